The molecule has 0 spiro atoms. The van der Waals surface area contributed by atoms with Crippen LogP contribution >= 0.6 is 23.2 Å². The zero-order chi connectivity index (χ0) is 21.0. The number of anilines is 1. The van der Waals surface area contributed by atoms with Crippen molar-refractivity contribution in [3.05, 3.63) is 63.9 Å². The van der Waals surface area contributed by atoms with Gasteiger partial charge in [-0.05, 0) is 60.9 Å². The fourth-order valence-corrected chi connectivity index (χ4v) is 3.42. The van der Waals surface area contributed by atoms with Crippen molar-refractivity contribution in [3.63, 3.8) is 0 Å². The van der Waals surface area contributed by atoms with Gasteiger partial charge in [-0.15, -0.1) is 0 Å². The van der Waals surface area contributed by atoms with Crippen LogP contribution in [0.15, 0.2) is 42.5 Å². The van der Waals surface area contributed by atoms with E-state index in [1.54, 1.807) is 50.4 Å². The monoisotopic (exact) mass is 434 g/mol. The van der Waals surface area contributed by atoms with Crippen LogP contribution in [0.5, 0.6) is 5.75 Å². The van der Waals surface area contributed by atoms with E-state index >= 15 is 0 Å². The molecule has 3 aromatic rings. The van der Waals surface area contributed by atoms with Gasteiger partial charge in [0.25, 0.3) is 0 Å². The normalized spacial score (nSPS) is 10.9. The number of nitrogens with one attached hydrogen (secondary N) is 1. The van der Waals surface area contributed by atoms with Gasteiger partial charge < -0.3 is 15.2 Å². The summed E-state index contributed by atoms with van der Waals surface area (Å²) in [7, 11) is 1.64. The molecule has 3 rings (SSSR count). The molecule has 0 fully saturated rings. The summed E-state index contributed by atoms with van der Waals surface area (Å²) in [4.78, 5) is 4.58. The third-order valence-electron chi connectivity index (χ3n) is 4.46. The van der Waals surface area contributed by atoms with Gasteiger partial charge in [0.1, 0.15) is 17.4 Å². The van der Waals surface area contributed by atoms with Crippen molar-refractivity contribution < 1.29 is 14.2 Å². The highest BCUT2D eigenvalue weighted by Crippen LogP contribution is 2.38. The second-order valence-electron chi connectivity index (χ2n) is 6.61. The van der Waals surface area contributed by atoms with Crippen LogP contribution in [0.25, 0.3) is 22.4 Å². The van der Waals surface area contributed by atoms with E-state index in [0.29, 0.717) is 45.8 Å². The summed E-state index contributed by atoms with van der Waals surface area (Å²) in [5, 5.41) is 14.4. The van der Waals surface area contributed by atoms with Crippen LogP contribution in [-0.2, 0) is 4.74 Å². The lowest BCUT2D eigenvalue weighted by atomic mass is 10.0. The maximum absolute atomic E-state index is 14.5. The first kappa shape index (κ1) is 21.4. The van der Waals surface area contributed by atoms with Gasteiger partial charge in [-0.2, -0.15) is 0 Å². The standard InChI is InChI=1S/C22H21Cl2FN2O2/c1-13-9-20(28)15(12-17(13)24)19-10-14(22-16(23)5-3-6-18(22)25)11-21(27-19)26-7-4-8-29-2/h3,5-6,9-12,28H,4,7-8H2,1-2H3,(H,26,27). The lowest BCUT2D eigenvalue weighted by molar-refractivity contribution is 0.198. The molecule has 29 heavy (non-hydrogen) atoms. The molecule has 1 heterocycles. The predicted molar refractivity (Wildman–Crippen MR) is 116 cm³/mol. The predicted octanol–water partition coefficient (Wildman–Crippen LogP) is 6.32. The number of phenols is 1. The molecular weight excluding hydrogens is 414 g/mol. The Morgan fingerprint density at radius 3 is 2.66 bits per heavy atom. The van der Waals surface area contributed by atoms with Crippen LogP contribution < -0.4 is 5.32 Å². The van der Waals surface area contributed by atoms with Crippen molar-refractivity contribution in [2.75, 3.05) is 25.6 Å². The number of hydrogen-bond donors (Lipinski definition) is 2. The Bertz CT molecular complexity index is 1010. The number of benzene rings is 2. The second kappa shape index (κ2) is 9.44. The van der Waals surface area contributed by atoms with E-state index in [4.69, 9.17) is 27.9 Å². The number of nitrogens with zero attached hydrogens (tertiary/aromatic N) is 1. The number of phenolic OH excluding ortho intramolecular Hbond substituents is 1. The van der Waals surface area contributed by atoms with Gasteiger partial charge in [0.15, 0.2) is 0 Å². The summed E-state index contributed by atoms with van der Waals surface area (Å²) in [6.07, 6.45) is 0.778. The Labute approximate surface area is 179 Å². The van der Waals surface area contributed by atoms with Crippen LogP contribution in [0.1, 0.15) is 12.0 Å². The zero-order valence-electron chi connectivity index (χ0n) is 16.1. The Morgan fingerprint density at radius 2 is 1.93 bits per heavy atom. The van der Waals surface area contributed by atoms with Crippen molar-refractivity contribution in [3.8, 4) is 28.1 Å². The molecule has 0 amide bonds. The van der Waals surface area contributed by atoms with Crippen LogP contribution in [0.2, 0.25) is 10.0 Å². The van der Waals surface area contributed by atoms with Gasteiger partial charge in [0.2, 0.25) is 0 Å². The Kier molecular flexibility index (Phi) is 6.96. The zero-order valence-corrected chi connectivity index (χ0v) is 17.6. The number of aromatic hydroxyl groups is 1. The van der Waals surface area contributed by atoms with E-state index in [-0.39, 0.29) is 11.3 Å². The number of hydrogen-bond acceptors (Lipinski definition) is 4. The number of methoxy groups -OCH3 is 1. The fourth-order valence-electron chi connectivity index (χ4n) is 2.98. The minimum Gasteiger partial charge on any atom is -0.507 e. The molecule has 4 nitrogen and oxygen atoms in total. The first-order chi connectivity index (χ1) is 13.9. The number of rotatable bonds is 7. The highest BCUT2D eigenvalue weighted by Gasteiger charge is 2.16. The minimum absolute atomic E-state index is 0.0431. The number of pyridine rings is 1. The molecular formula is C22H21Cl2FN2O2. The summed E-state index contributed by atoms with van der Waals surface area (Å²) in [5.41, 5.74) is 2.48. The quantitative estimate of drug-likeness (QED) is 0.426. The highest BCUT2D eigenvalue weighted by atomic mass is 35.5. The molecule has 0 aliphatic carbocycles. The highest BCUT2D eigenvalue weighted by molar-refractivity contribution is 6.33. The molecule has 0 aliphatic heterocycles. The Morgan fingerprint density at radius 1 is 1.14 bits per heavy atom. The fraction of sp³-hybridized carbons (Fsp3) is 0.227. The van der Waals surface area contributed by atoms with E-state index in [0.717, 1.165) is 12.0 Å². The third kappa shape index (κ3) is 4.99. The Balaban J connectivity index is 2.12. The maximum atomic E-state index is 14.5. The van der Waals surface area contributed by atoms with E-state index in [2.05, 4.69) is 10.3 Å². The van der Waals surface area contributed by atoms with Crippen LogP contribution in [0, 0.1) is 12.7 Å². The SMILES string of the molecule is COCCCNc1cc(-c2c(F)cccc2Cl)cc(-c2cc(Cl)c(C)cc2O)n1. The lowest BCUT2D eigenvalue weighted by Gasteiger charge is -2.14. The molecule has 2 N–H and O–H groups in total. The first-order valence-electron chi connectivity index (χ1n) is 9.09. The number of aryl methyl sites for hydroxylation is 1. The van der Waals surface area contributed by atoms with Crippen LogP contribution in [0.3, 0.4) is 0 Å². The second-order valence-corrected chi connectivity index (χ2v) is 7.43. The molecule has 7 heteroatoms. The van der Waals surface area contributed by atoms with Crippen molar-refractivity contribution in [1.82, 2.24) is 4.98 Å². The van der Waals surface area contributed by atoms with Crippen molar-refractivity contribution in [1.29, 1.82) is 0 Å². The summed E-state index contributed by atoms with van der Waals surface area (Å²) in [5.74, 6) is 0.136. The summed E-state index contributed by atoms with van der Waals surface area (Å²) < 4.78 is 19.6. The first-order valence-corrected chi connectivity index (χ1v) is 9.85. The molecule has 0 atom stereocenters. The van der Waals surface area contributed by atoms with Crippen LogP contribution in [-0.4, -0.2) is 30.4 Å². The minimum atomic E-state index is -0.439. The molecule has 0 bridgehead atoms. The number of aromatic nitrogens is 1. The van der Waals surface area contributed by atoms with Crippen molar-refractivity contribution >= 4 is 29.0 Å². The van der Waals surface area contributed by atoms with Crippen molar-refractivity contribution in [2.24, 2.45) is 0 Å². The number of ether oxygens (including phenoxy) is 1. The molecule has 2 aromatic carbocycles. The van der Waals surface area contributed by atoms with Gasteiger partial charge >= 0.3 is 0 Å². The average Bonchev–Trinajstić information content (AvgIpc) is 2.68. The molecule has 0 radical (unpaired) electrons. The largest absolute Gasteiger partial charge is 0.507 e. The maximum Gasteiger partial charge on any atom is 0.132 e. The molecule has 0 saturated heterocycles. The molecule has 1 aromatic heterocycles. The molecule has 0 unspecified atom stereocenters. The van der Waals surface area contributed by atoms with Gasteiger partial charge in [0.05, 0.1) is 10.7 Å². The van der Waals surface area contributed by atoms with E-state index in [1.165, 1.54) is 6.07 Å². The smallest absolute Gasteiger partial charge is 0.132 e. The third-order valence-corrected chi connectivity index (χ3v) is 5.18. The van der Waals surface area contributed by atoms with Crippen molar-refractivity contribution in [2.45, 2.75) is 13.3 Å². The molecule has 0 saturated carbocycles. The van der Waals surface area contributed by atoms with Gasteiger partial charge in [-0.25, -0.2) is 9.37 Å². The topological polar surface area (TPSA) is 54.4 Å². The average molecular weight is 435 g/mol. The number of halogens is 3. The Hall–Kier alpha value is -2.34. The van der Waals surface area contributed by atoms with E-state index in [1.807, 2.05) is 0 Å². The summed E-state index contributed by atoms with van der Waals surface area (Å²) in [6.45, 7) is 3.03. The van der Waals surface area contributed by atoms with Gasteiger partial charge in [0, 0.05) is 36.4 Å². The van der Waals surface area contributed by atoms with Gasteiger partial charge in [-0.1, -0.05) is 29.3 Å². The molecule has 152 valence electrons. The van der Waals surface area contributed by atoms with Gasteiger partial charge in [-0.3, -0.25) is 0 Å². The van der Waals surface area contributed by atoms with E-state index in [9.17, 15) is 9.50 Å². The summed E-state index contributed by atoms with van der Waals surface area (Å²) in [6, 6.07) is 11.2. The summed E-state index contributed by atoms with van der Waals surface area (Å²) >= 11 is 12.5. The van der Waals surface area contributed by atoms with E-state index < -0.39 is 5.82 Å². The molecule has 0 aliphatic rings. The lowest BCUT2D eigenvalue weighted by Crippen LogP contribution is -2.07. The van der Waals surface area contributed by atoms with Crippen LogP contribution in [0.4, 0.5) is 10.2 Å².